The molecule has 2 unspecified atom stereocenters. The fourth-order valence-electron chi connectivity index (χ4n) is 2.27. The van der Waals surface area contributed by atoms with E-state index >= 15 is 0 Å². The van der Waals surface area contributed by atoms with Crippen molar-refractivity contribution >= 4 is 15.9 Å². The molecule has 0 N–H and O–H groups in total. The van der Waals surface area contributed by atoms with Crippen LogP contribution < -0.4 is 4.74 Å². The second-order valence-electron chi connectivity index (χ2n) is 4.14. The lowest BCUT2D eigenvalue weighted by atomic mass is 9.97. The van der Waals surface area contributed by atoms with Crippen LogP contribution in [0.1, 0.15) is 30.7 Å². The van der Waals surface area contributed by atoms with Gasteiger partial charge in [0.15, 0.2) is 0 Å². The van der Waals surface area contributed by atoms with E-state index in [4.69, 9.17) is 0 Å². The maximum absolute atomic E-state index is 12.3. The predicted molar refractivity (Wildman–Crippen MR) is 62.4 cm³/mol. The average molecular weight is 309 g/mol. The minimum atomic E-state index is -4.63. The van der Waals surface area contributed by atoms with Crippen LogP contribution in [0.25, 0.3) is 0 Å². The van der Waals surface area contributed by atoms with Gasteiger partial charge in [0.2, 0.25) is 0 Å². The summed E-state index contributed by atoms with van der Waals surface area (Å²) in [7, 11) is 0. The molecule has 17 heavy (non-hydrogen) atoms. The van der Waals surface area contributed by atoms with Gasteiger partial charge in [0.25, 0.3) is 0 Å². The molecule has 1 aromatic carbocycles. The fraction of sp³-hybridized carbons (Fsp3) is 0.500. The first kappa shape index (κ1) is 12.7. The van der Waals surface area contributed by atoms with Crippen LogP contribution >= 0.6 is 15.9 Å². The van der Waals surface area contributed by atoms with Gasteiger partial charge < -0.3 is 4.74 Å². The molecular formula is C12H12BrF3O. The first-order chi connectivity index (χ1) is 7.97. The number of hydrogen-bond acceptors (Lipinski definition) is 1. The summed E-state index contributed by atoms with van der Waals surface area (Å²) in [6.45, 7) is 0. The molecule has 1 fully saturated rings. The van der Waals surface area contributed by atoms with E-state index in [-0.39, 0.29) is 16.5 Å². The smallest absolute Gasteiger partial charge is 0.405 e. The maximum atomic E-state index is 12.3. The Morgan fingerprint density at radius 1 is 1.18 bits per heavy atom. The lowest BCUT2D eigenvalue weighted by molar-refractivity contribution is -0.275. The number of ether oxygens (including phenoxy) is 1. The van der Waals surface area contributed by atoms with Crippen LogP contribution in [-0.4, -0.2) is 11.2 Å². The molecule has 1 aliphatic carbocycles. The molecule has 94 valence electrons. The van der Waals surface area contributed by atoms with E-state index in [1.165, 1.54) is 6.07 Å². The van der Waals surface area contributed by atoms with E-state index in [2.05, 4.69) is 20.7 Å². The third-order valence-corrected chi connectivity index (χ3v) is 4.07. The van der Waals surface area contributed by atoms with Gasteiger partial charge >= 0.3 is 6.36 Å². The van der Waals surface area contributed by atoms with Crippen molar-refractivity contribution < 1.29 is 17.9 Å². The zero-order valence-corrected chi connectivity index (χ0v) is 10.6. The summed E-state index contributed by atoms with van der Waals surface area (Å²) in [4.78, 5) is 0.237. The zero-order valence-electron chi connectivity index (χ0n) is 9.01. The summed E-state index contributed by atoms with van der Waals surface area (Å²) in [5, 5.41) is 0. The molecule has 0 aromatic heterocycles. The van der Waals surface area contributed by atoms with Gasteiger partial charge in [0, 0.05) is 10.7 Å². The zero-order chi connectivity index (χ0) is 12.5. The van der Waals surface area contributed by atoms with Crippen LogP contribution in [0.5, 0.6) is 5.75 Å². The van der Waals surface area contributed by atoms with Gasteiger partial charge in [-0.05, 0) is 24.5 Å². The molecule has 0 spiro atoms. The number of alkyl halides is 4. The molecule has 1 aliphatic rings. The molecule has 0 heterocycles. The molecular weight excluding hydrogens is 297 g/mol. The normalized spacial score (nSPS) is 24.9. The van der Waals surface area contributed by atoms with Crippen molar-refractivity contribution in [3.05, 3.63) is 29.8 Å². The highest BCUT2D eigenvalue weighted by Crippen LogP contribution is 2.43. The fourth-order valence-corrected chi connectivity index (χ4v) is 3.14. The van der Waals surface area contributed by atoms with Gasteiger partial charge in [-0.3, -0.25) is 0 Å². The van der Waals surface area contributed by atoms with E-state index < -0.39 is 6.36 Å². The highest BCUT2D eigenvalue weighted by atomic mass is 79.9. The quantitative estimate of drug-likeness (QED) is 0.725. The molecule has 2 rings (SSSR count). The average Bonchev–Trinajstić information content (AvgIpc) is 2.63. The molecule has 1 aromatic rings. The summed E-state index contributed by atoms with van der Waals surface area (Å²) in [6.07, 6.45) is -1.71. The van der Waals surface area contributed by atoms with Crippen molar-refractivity contribution in [2.45, 2.75) is 36.4 Å². The van der Waals surface area contributed by atoms with Gasteiger partial charge in [-0.1, -0.05) is 40.5 Å². The third kappa shape index (κ3) is 3.15. The monoisotopic (exact) mass is 308 g/mol. The number of benzene rings is 1. The van der Waals surface area contributed by atoms with Crippen LogP contribution in [0.2, 0.25) is 0 Å². The molecule has 5 heteroatoms. The van der Waals surface area contributed by atoms with Crippen molar-refractivity contribution in [3.63, 3.8) is 0 Å². The van der Waals surface area contributed by atoms with E-state index in [9.17, 15) is 13.2 Å². The predicted octanol–water partition coefficient (Wildman–Crippen LogP) is 4.62. The first-order valence-electron chi connectivity index (χ1n) is 5.46. The summed E-state index contributed by atoms with van der Waals surface area (Å²) >= 11 is 3.52. The highest BCUT2D eigenvalue weighted by molar-refractivity contribution is 9.09. The first-order valence-corrected chi connectivity index (χ1v) is 6.37. The summed E-state index contributed by atoms with van der Waals surface area (Å²) in [6, 6.07) is 6.39. The van der Waals surface area contributed by atoms with Crippen LogP contribution in [0, 0.1) is 0 Å². The van der Waals surface area contributed by atoms with E-state index in [1.807, 2.05) is 0 Å². The lowest BCUT2D eigenvalue weighted by Gasteiger charge is -2.19. The molecule has 0 bridgehead atoms. The lowest BCUT2D eigenvalue weighted by Crippen LogP contribution is -2.19. The molecule has 2 atom stereocenters. The Balaban J connectivity index is 2.27. The Hall–Kier alpha value is -0.710. The Kier molecular flexibility index (Phi) is 3.66. The number of rotatable bonds is 2. The van der Waals surface area contributed by atoms with Gasteiger partial charge in [0.1, 0.15) is 5.75 Å². The number of hydrogen-bond donors (Lipinski definition) is 0. The Labute approximate surface area is 106 Å². The SMILES string of the molecule is FC(F)(F)Oc1ccccc1C1CCCC1Br. The number of para-hydroxylation sites is 1. The molecule has 1 nitrogen and oxygen atoms in total. The van der Waals surface area contributed by atoms with Crippen LogP contribution in [0.4, 0.5) is 13.2 Å². The van der Waals surface area contributed by atoms with Crippen LogP contribution in [0.3, 0.4) is 0 Å². The Morgan fingerprint density at radius 3 is 2.47 bits per heavy atom. The second-order valence-corrected chi connectivity index (χ2v) is 5.32. The van der Waals surface area contributed by atoms with Gasteiger partial charge in [-0.25, -0.2) is 0 Å². The van der Waals surface area contributed by atoms with E-state index in [1.54, 1.807) is 18.2 Å². The van der Waals surface area contributed by atoms with Gasteiger partial charge in [-0.2, -0.15) is 0 Å². The van der Waals surface area contributed by atoms with Crippen molar-refractivity contribution in [1.29, 1.82) is 0 Å². The molecule has 0 amide bonds. The molecule has 1 saturated carbocycles. The summed E-state index contributed by atoms with van der Waals surface area (Å²) in [5.41, 5.74) is 0.643. The van der Waals surface area contributed by atoms with Crippen molar-refractivity contribution in [3.8, 4) is 5.75 Å². The largest absolute Gasteiger partial charge is 0.573 e. The summed E-state index contributed by atoms with van der Waals surface area (Å²) < 4.78 is 40.9. The van der Waals surface area contributed by atoms with E-state index in [0.717, 1.165) is 19.3 Å². The summed E-state index contributed by atoms with van der Waals surface area (Å²) in [5.74, 6) is 0.0323. The van der Waals surface area contributed by atoms with Crippen molar-refractivity contribution in [2.75, 3.05) is 0 Å². The molecule has 0 radical (unpaired) electrons. The maximum Gasteiger partial charge on any atom is 0.573 e. The third-order valence-electron chi connectivity index (χ3n) is 2.98. The highest BCUT2D eigenvalue weighted by Gasteiger charge is 2.35. The standard InChI is InChI=1S/C12H12BrF3O/c13-10-6-3-5-8(10)9-4-1-2-7-11(9)17-12(14,15)16/h1-2,4,7-8,10H,3,5-6H2. The minimum Gasteiger partial charge on any atom is -0.405 e. The van der Waals surface area contributed by atoms with Crippen LogP contribution in [0.15, 0.2) is 24.3 Å². The molecule has 0 saturated heterocycles. The Bertz CT molecular complexity index is 392. The molecule has 0 aliphatic heterocycles. The topological polar surface area (TPSA) is 9.23 Å². The van der Waals surface area contributed by atoms with E-state index in [0.29, 0.717) is 5.56 Å². The minimum absolute atomic E-state index is 0.0728. The van der Waals surface area contributed by atoms with Gasteiger partial charge in [0.05, 0.1) is 0 Å². The van der Waals surface area contributed by atoms with Crippen LogP contribution in [-0.2, 0) is 0 Å². The van der Waals surface area contributed by atoms with Crippen molar-refractivity contribution in [1.82, 2.24) is 0 Å². The number of halogens is 4. The van der Waals surface area contributed by atoms with Gasteiger partial charge in [-0.15, -0.1) is 13.2 Å². The Morgan fingerprint density at radius 2 is 1.88 bits per heavy atom. The second kappa shape index (κ2) is 4.88. The van der Waals surface area contributed by atoms with Crippen molar-refractivity contribution in [2.24, 2.45) is 0 Å².